The number of benzene rings is 3. The fourth-order valence-corrected chi connectivity index (χ4v) is 5.03. The van der Waals surface area contributed by atoms with Crippen LogP contribution in [0.15, 0.2) is 65.6 Å². The summed E-state index contributed by atoms with van der Waals surface area (Å²) in [5.74, 6) is 0.940. The number of carbonyl (C=O) groups is 1. The Kier molecular flexibility index (Phi) is 10.1. The average molecular weight is 552 g/mol. The number of fused-ring (bicyclic) bond motifs is 1. The fraction of sp³-hybridized carbons (Fsp3) is 0.296. The van der Waals surface area contributed by atoms with E-state index in [9.17, 15) is 13.2 Å². The number of rotatable bonds is 9. The van der Waals surface area contributed by atoms with Crippen molar-refractivity contribution < 1.29 is 32.2 Å². The van der Waals surface area contributed by atoms with Gasteiger partial charge in [-0.05, 0) is 65.4 Å². The van der Waals surface area contributed by atoms with Gasteiger partial charge in [-0.25, -0.2) is 13.1 Å². The predicted octanol–water partition coefficient (Wildman–Crippen LogP) is 3.74. The Bertz CT molecular complexity index is 1340. The molecule has 0 aliphatic carbocycles. The van der Waals surface area contributed by atoms with E-state index in [0.29, 0.717) is 28.6 Å². The van der Waals surface area contributed by atoms with Gasteiger partial charge in [0.05, 0.1) is 25.0 Å². The second-order valence-corrected chi connectivity index (χ2v) is 10.5. The molecule has 0 radical (unpaired) electrons. The summed E-state index contributed by atoms with van der Waals surface area (Å²) < 4.78 is 50.0. The first-order chi connectivity index (χ1) is 17.2. The predicted molar refractivity (Wildman–Crippen MR) is 142 cm³/mol. The van der Waals surface area contributed by atoms with Gasteiger partial charge in [-0.1, -0.05) is 32.0 Å². The van der Waals surface area contributed by atoms with E-state index in [0.717, 1.165) is 11.1 Å². The van der Waals surface area contributed by atoms with Gasteiger partial charge in [0.15, 0.2) is 11.5 Å². The Labute approximate surface area is 260 Å². The van der Waals surface area contributed by atoms with E-state index >= 15 is 0 Å². The molecule has 4 rings (SSSR count). The van der Waals surface area contributed by atoms with Crippen molar-refractivity contribution in [3.8, 4) is 23.0 Å². The average Bonchev–Trinajstić information content (AvgIpc) is 3.34. The van der Waals surface area contributed by atoms with Crippen LogP contribution in [0.1, 0.15) is 42.4 Å². The van der Waals surface area contributed by atoms with E-state index in [4.69, 9.17) is 18.9 Å². The van der Waals surface area contributed by atoms with Gasteiger partial charge in [0.25, 0.3) is 10.0 Å². The molecule has 10 heteroatoms. The van der Waals surface area contributed by atoms with E-state index in [1.807, 2.05) is 13.8 Å². The van der Waals surface area contributed by atoms with Crippen LogP contribution in [0.4, 0.5) is 0 Å². The molecule has 37 heavy (non-hydrogen) atoms. The Morgan fingerprint density at radius 3 is 2.08 bits per heavy atom. The first kappa shape index (κ1) is 29.5. The summed E-state index contributed by atoms with van der Waals surface area (Å²) in [6.45, 7) is 4.13. The Hall–Kier alpha value is -2.08. The van der Waals surface area contributed by atoms with Gasteiger partial charge in [-0.3, -0.25) is 4.79 Å². The van der Waals surface area contributed by atoms with E-state index < -0.39 is 21.8 Å². The maximum absolute atomic E-state index is 13.5. The number of nitrogens with one attached hydrogen (secondary N) is 1. The molecule has 0 bridgehead atoms. The molecule has 1 atom stereocenters. The van der Waals surface area contributed by atoms with E-state index in [1.165, 1.54) is 26.4 Å². The SMILES string of the molecule is COc1cc(CC(C(=O)NS(=O)(=O)c2ccc(C(C)C)cc2)c2ccc3c(c2)OCO3)cc(OC)c1.[KH]. The monoisotopic (exact) mass is 551 g/mol. The van der Waals surface area contributed by atoms with Crippen molar-refractivity contribution in [3.63, 3.8) is 0 Å². The quantitative estimate of drug-likeness (QED) is 0.405. The normalized spacial score (nSPS) is 13.0. The van der Waals surface area contributed by atoms with Crippen LogP contribution >= 0.6 is 0 Å². The number of ether oxygens (including phenoxy) is 4. The number of carbonyl (C=O) groups excluding carboxylic acids is 1. The summed E-state index contributed by atoms with van der Waals surface area (Å²) in [6.07, 6.45) is 0.195. The third kappa shape index (κ3) is 7.07. The second kappa shape index (κ2) is 12.6. The standard InChI is InChI=1S/C27H29NO7S.K.H/c1-17(2)19-5-8-23(9-6-19)36(30,31)28-27(29)24(20-7-10-25-26(14-20)35-16-34-25)13-18-11-21(32-3)15-22(12-18)33-4;;/h5-12,14-15,17,24H,13,16H2,1-4H3,(H,28,29);;. The van der Waals surface area contributed by atoms with E-state index in [2.05, 4.69) is 4.72 Å². The molecule has 192 valence electrons. The molecule has 1 amide bonds. The van der Waals surface area contributed by atoms with Crippen molar-refractivity contribution >= 4 is 67.3 Å². The molecule has 1 N–H and O–H groups in total. The number of sulfonamides is 1. The van der Waals surface area contributed by atoms with Crippen molar-refractivity contribution in [1.82, 2.24) is 4.72 Å². The Morgan fingerprint density at radius 1 is 0.892 bits per heavy atom. The molecule has 0 saturated heterocycles. The number of amides is 1. The molecule has 8 nitrogen and oxygen atoms in total. The molecule has 1 aliphatic heterocycles. The molecule has 3 aromatic rings. The number of hydrogen-bond donors (Lipinski definition) is 1. The summed E-state index contributed by atoms with van der Waals surface area (Å²) in [6, 6.07) is 17.0. The Morgan fingerprint density at radius 2 is 1.49 bits per heavy atom. The summed E-state index contributed by atoms with van der Waals surface area (Å²) in [5, 5.41) is 0. The van der Waals surface area contributed by atoms with Crippen molar-refractivity contribution in [3.05, 3.63) is 77.4 Å². The van der Waals surface area contributed by atoms with Crippen LogP contribution in [0.25, 0.3) is 0 Å². The molecule has 0 spiro atoms. The van der Waals surface area contributed by atoms with Gasteiger partial charge < -0.3 is 18.9 Å². The minimum absolute atomic E-state index is 0. The van der Waals surface area contributed by atoms with Crippen LogP contribution in [0.3, 0.4) is 0 Å². The molecule has 1 unspecified atom stereocenters. The molecule has 1 aliphatic rings. The molecule has 0 aromatic heterocycles. The van der Waals surface area contributed by atoms with Crippen LogP contribution < -0.4 is 23.7 Å². The van der Waals surface area contributed by atoms with E-state index in [1.54, 1.807) is 48.5 Å². The van der Waals surface area contributed by atoms with Gasteiger partial charge in [0, 0.05) is 6.07 Å². The zero-order valence-electron chi connectivity index (χ0n) is 20.6. The van der Waals surface area contributed by atoms with Crippen LogP contribution in [0, 0.1) is 0 Å². The topological polar surface area (TPSA) is 100 Å². The van der Waals surface area contributed by atoms with Gasteiger partial charge in [0.2, 0.25) is 12.7 Å². The van der Waals surface area contributed by atoms with Crippen molar-refractivity contribution in [2.45, 2.75) is 37.0 Å². The van der Waals surface area contributed by atoms with E-state index in [-0.39, 0.29) is 75.4 Å². The van der Waals surface area contributed by atoms with Crippen molar-refractivity contribution in [2.24, 2.45) is 0 Å². The van der Waals surface area contributed by atoms with Crippen LogP contribution in [-0.2, 0) is 21.2 Å². The van der Waals surface area contributed by atoms with Gasteiger partial charge in [-0.2, -0.15) is 0 Å². The van der Waals surface area contributed by atoms with Crippen LogP contribution in [0.2, 0.25) is 0 Å². The maximum atomic E-state index is 13.5. The number of methoxy groups -OCH3 is 2. The molecule has 0 saturated carbocycles. The van der Waals surface area contributed by atoms with Crippen molar-refractivity contribution in [1.29, 1.82) is 0 Å². The zero-order chi connectivity index (χ0) is 25.9. The zero-order valence-corrected chi connectivity index (χ0v) is 21.4. The molecular formula is C27H30KNO7S. The second-order valence-electron chi connectivity index (χ2n) is 8.78. The third-order valence-corrected chi connectivity index (χ3v) is 7.42. The van der Waals surface area contributed by atoms with Gasteiger partial charge in [0.1, 0.15) is 11.5 Å². The summed E-state index contributed by atoms with van der Waals surface area (Å²) in [4.78, 5) is 13.5. The third-order valence-electron chi connectivity index (χ3n) is 6.06. The summed E-state index contributed by atoms with van der Waals surface area (Å²) in [7, 11) is -1.01. The van der Waals surface area contributed by atoms with Gasteiger partial charge >= 0.3 is 51.4 Å². The van der Waals surface area contributed by atoms with Gasteiger partial charge in [-0.15, -0.1) is 0 Å². The van der Waals surface area contributed by atoms with Crippen LogP contribution in [0.5, 0.6) is 23.0 Å². The fourth-order valence-electron chi connectivity index (χ4n) is 4.01. The number of hydrogen-bond acceptors (Lipinski definition) is 7. The Balaban J connectivity index is 0.00000380. The molecule has 3 aromatic carbocycles. The molecule has 1 heterocycles. The first-order valence-corrected chi connectivity index (χ1v) is 13.0. The van der Waals surface area contributed by atoms with Crippen LogP contribution in [-0.4, -0.2) is 86.7 Å². The molecular weight excluding hydrogens is 521 g/mol. The molecule has 0 fully saturated rings. The first-order valence-electron chi connectivity index (χ1n) is 11.5. The summed E-state index contributed by atoms with van der Waals surface area (Å²) in [5.41, 5.74) is 2.33. The van der Waals surface area contributed by atoms with Crippen molar-refractivity contribution in [2.75, 3.05) is 21.0 Å². The summed E-state index contributed by atoms with van der Waals surface area (Å²) >= 11 is 0. The minimum atomic E-state index is -4.09.